The maximum absolute atomic E-state index is 11.5. The molecule has 4 nitrogen and oxygen atoms in total. The van der Waals surface area contributed by atoms with Gasteiger partial charge in [-0.3, -0.25) is 4.79 Å². The van der Waals surface area contributed by atoms with Crippen LogP contribution < -0.4 is 15.8 Å². The molecule has 0 spiro atoms. The maximum atomic E-state index is 11.5. The predicted molar refractivity (Wildman–Crippen MR) is 72.6 cm³/mol. The van der Waals surface area contributed by atoms with E-state index in [-0.39, 0.29) is 5.91 Å². The molecule has 0 radical (unpaired) electrons. The first-order chi connectivity index (χ1) is 8.45. The number of hydrogen-bond donors (Lipinski definition) is 2. The summed E-state index contributed by atoms with van der Waals surface area (Å²) in [6.07, 6.45) is 0. The first kappa shape index (κ1) is 14.5. The number of carbonyl (C=O) groups is 1. The molecule has 0 fully saturated rings. The van der Waals surface area contributed by atoms with Gasteiger partial charge in [0.25, 0.3) is 0 Å². The van der Waals surface area contributed by atoms with Gasteiger partial charge in [-0.15, -0.1) is 0 Å². The SMILES string of the molecule is COc1ccc(C(C)C)cc1CNC(=O)C(C)N. The van der Waals surface area contributed by atoms with Crippen LogP contribution >= 0.6 is 0 Å². The van der Waals surface area contributed by atoms with Crippen molar-refractivity contribution in [1.82, 2.24) is 5.32 Å². The monoisotopic (exact) mass is 250 g/mol. The minimum Gasteiger partial charge on any atom is -0.496 e. The van der Waals surface area contributed by atoms with Gasteiger partial charge < -0.3 is 15.8 Å². The highest BCUT2D eigenvalue weighted by Crippen LogP contribution is 2.23. The van der Waals surface area contributed by atoms with Crippen molar-refractivity contribution in [3.05, 3.63) is 29.3 Å². The highest BCUT2D eigenvalue weighted by Gasteiger charge is 2.10. The van der Waals surface area contributed by atoms with Crippen molar-refractivity contribution in [2.45, 2.75) is 39.3 Å². The quantitative estimate of drug-likeness (QED) is 0.837. The fraction of sp³-hybridized carbons (Fsp3) is 0.500. The fourth-order valence-electron chi connectivity index (χ4n) is 1.64. The van der Waals surface area contributed by atoms with E-state index in [9.17, 15) is 4.79 Å². The molecule has 0 aromatic heterocycles. The number of carbonyl (C=O) groups excluding carboxylic acids is 1. The normalized spacial score (nSPS) is 12.3. The zero-order chi connectivity index (χ0) is 13.7. The van der Waals surface area contributed by atoms with E-state index in [1.54, 1.807) is 14.0 Å². The summed E-state index contributed by atoms with van der Waals surface area (Å²) < 4.78 is 5.29. The van der Waals surface area contributed by atoms with Gasteiger partial charge in [0.05, 0.1) is 13.2 Å². The topological polar surface area (TPSA) is 64.3 Å². The third-order valence-corrected chi connectivity index (χ3v) is 2.84. The summed E-state index contributed by atoms with van der Waals surface area (Å²) in [6, 6.07) is 5.54. The van der Waals surface area contributed by atoms with Gasteiger partial charge in [0.2, 0.25) is 5.91 Å². The minimum absolute atomic E-state index is 0.160. The number of benzene rings is 1. The lowest BCUT2D eigenvalue weighted by atomic mass is 10.00. The number of methoxy groups -OCH3 is 1. The molecule has 1 aromatic rings. The van der Waals surface area contributed by atoms with E-state index in [0.717, 1.165) is 11.3 Å². The van der Waals surface area contributed by atoms with Gasteiger partial charge in [0.15, 0.2) is 0 Å². The maximum Gasteiger partial charge on any atom is 0.236 e. The Morgan fingerprint density at radius 2 is 2.06 bits per heavy atom. The van der Waals surface area contributed by atoms with Crippen molar-refractivity contribution in [3.8, 4) is 5.75 Å². The van der Waals surface area contributed by atoms with E-state index < -0.39 is 6.04 Å². The molecular weight excluding hydrogens is 228 g/mol. The van der Waals surface area contributed by atoms with Crippen LogP contribution in [-0.2, 0) is 11.3 Å². The highest BCUT2D eigenvalue weighted by atomic mass is 16.5. The van der Waals surface area contributed by atoms with E-state index in [1.165, 1.54) is 5.56 Å². The van der Waals surface area contributed by atoms with E-state index in [2.05, 4.69) is 25.2 Å². The summed E-state index contributed by atoms with van der Waals surface area (Å²) in [4.78, 5) is 11.5. The largest absolute Gasteiger partial charge is 0.496 e. The molecule has 0 saturated carbocycles. The molecule has 1 rings (SSSR count). The molecule has 0 aliphatic heterocycles. The van der Waals surface area contributed by atoms with Gasteiger partial charge in [-0.1, -0.05) is 26.0 Å². The lowest BCUT2D eigenvalue weighted by molar-refractivity contribution is -0.122. The number of rotatable bonds is 5. The standard InChI is InChI=1S/C14H22N2O2/c1-9(2)11-5-6-13(18-4)12(7-11)8-16-14(17)10(3)15/h5-7,9-10H,8,15H2,1-4H3,(H,16,17). The van der Waals surface area contributed by atoms with Crippen LogP contribution in [0.2, 0.25) is 0 Å². The first-order valence-electron chi connectivity index (χ1n) is 6.15. The molecule has 0 heterocycles. The van der Waals surface area contributed by atoms with Crippen LogP contribution in [0.25, 0.3) is 0 Å². The van der Waals surface area contributed by atoms with E-state index in [1.807, 2.05) is 12.1 Å². The number of hydrogen-bond acceptors (Lipinski definition) is 3. The van der Waals surface area contributed by atoms with E-state index in [4.69, 9.17) is 10.5 Å². The molecule has 4 heteroatoms. The zero-order valence-corrected chi connectivity index (χ0v) is 11.5. The van der Waals surface area contributed by atoms with E-state index in [0.29, 0.717) is 12.5 Å². The lowest BCUT2D eigenvalue weighted by Gasteiger charge is -2.14. The molecule has 18 heavy (non-hydrogen) atoms. The minimum atomic E-state index is -0.496. The highest BCUT2D eigenvalue weighted by molar-refractivity contribution is 5.81. The second-order valence-corrected chi connectivity index (χ2v) is 4.73. The van der Waals surface area contributed by atoms with Crippen LogP contribution in [0.3, 0.4) is 0 Å². The van der Waals surface area contributed by atoms with E-state index >= 15 is 0 Å². The molecular formula is C14H22N2O2. The average molecular weight is 250 g/mol. The van der Waals surface area contributed by atoms with Crippen molar-refractivity contribution >= 4 is 5.91 Å². The molecule has 1 unspecified atom stereocenters. The average Bonchev–Trinajstić information content (AvgIpc) is 2.35. The molecule has 1 atom stereocenters. The Bertz CT molecular complexity index is 414. The molecule has 1 amide bonds. The summed E-state index contributed by atoms with van der Waals surface area (Å²) in [7, 11) is 1.63. The van der Waals surface area contributed by atoms with Crippen LogP contribution in [0.1, 0.15) is 37.8 Å². The Morgan fingerprint density at radius 1 is 1.39 bits per heavy atom. The summed E-state index contributed by atoms with van der Waals surface area (Å²) >= 11 is 0. The summed E-state index contributed by atoms with van der Waals surface area (Å²) in [5.41, 5.74) is 7.70. The second-order valence-electron chi connectivity index (χ2n) is 4.73. The van der Waals surface area contributed by atoms with Crippen LogP contribution in [0.4, 0.5) is 0 Å². The van der Waals surface area contributed by atoms with Crippen molar-refractivity contribution in [1.29, 1.82) is 0 Å². The number of nitrogens with two attached hydrogens (primary N) is 1. The number of amides is 1. The number of nitrogens with one attached hydrogen (secondary N) is 1. The smallest absolute Gasteiger partial charge is 0.236 e. The Labute approximate surface area is 109 Å². The zero-order valence-electron chi connectivity index (χ0n) is 11.5. The Balaban J connectivity index is 2.85. The Hall–Kier alpha value is -1.55. The summed E-state index contributed by atoms with van der Waals surface area (Å²) in [5, 5.41) is 2.80. The van der Waals surface area contributed by atoms with Gasteiger partial charge in [-0.05, 0) is 24.5 Å². The van der Waals surface area contributed by atoms with Crippen molar-refractivity contribution in [2.75, 3.05) is 7.11 Å². The Morgan fingerprint density at radius 3 is 2.56 bits per heavy atom. The fourth-order valence-corrected chi connectivity index (χ4v) is 1.64. The molecule has 100 valence electrons. The van der Waals surface area contributed by atoms with Gasteiger partial charge in [0.1, 0.15) is 5.75 Å². The molecule has 1 aromatic carbocycles. The van der Waals surface area contributed by atoms with Crippen LogP contribution in [0, 0.1) is 0 Å². The third kappa shape index (κ3) is 3.74. The van der Waals surface area contributed by atoms with Gasteiger partial charge in [-0.2, -0.15) is 0 Å². The van der Waals surface area contributed by atoms with Crippen molar-refractivity contribution < 1.29 is 9.53 Å². The third-order valence-electron chi connectivity index (χ3n) is 2.84. The molecule has 3 N–H and O–H groups in total. The lowest BCUT2D eigenvalue weighted by Crippen LogP contribution is -2.37. The van der Waals surface area contributed by atoms with Crippen LogP contribution in [-0.4, -0.2) is 19.1 Å². The van der Waals surface area contributed by atoms with Crippen LogP contribution in [0.5, 0.6) is 5.75 Å². The summed E-state index contributed by atoms with van der Waals surface area (Å²) in [6.45, 7) is 6.36. The number of ether oxygens (including phenoxy) is 1. The van der Waals surface area contributed by atoms with Crippen molar-refractivity contribution in [2.24, 2.45) is 5.73 Å². The first-order valence-corrected chi connectivity index (χ1v) is 6.15. The Kier molecular flexibility index (Phi) is 5.16. The van der Waals surface area contributed by atoms with Crippen molar-refractivity contribution in [3.63, 3.8) is 0 Å². The van der Waals surface area contributed by atoms with Crippen LogP contribution in [0.15, 0.2) is 18.2 Å². The molecule has 0 bridgehead atoms. The summed E-state index contributed by atoms with van der Waals surface area (Å²) in [5.74, 6) is 1.06. The molecule has 0 saturated heterocycles. The van der Waals surface area contributed by atoms with Gasteiger partial charge in [-0.25, -0.2) is 0 Å². The molecule has 0 aliphatic carbocycles. The molecule has 0 aliphatic rings. The second kappa shape index (κ2) is 6.40. The van der Waals surface area contributed by atoms with Gasteiger partial charge >= 0.3 is 0 Å². The van der Waals surface area contributed by atoms with Gasteiger partial charge in [0, 0.05) is 12.1 Å². The predicted octanol–water partition coefficient (Wildman–Crippen LogP) is 1.78.